The molecule has 0 spiro atoms. The Labute approximate surface area is 136 Å². The fourth-order valence-electron chi connectivity index (χ4n) is 2.46. The van der Waals surface area contributed by atoms with E-state index in [1.807, 2.05) is 19.9 Å². The number of hydrogen-bond acceptors (Lipinski definition) is 1. The van der Waals surface area contributed by atoms with Gasteiger partial charge in [0.05, 0.1) is 0 Å². The zero-order valence-corrected chi connectivity index (χ0v) is 14.7. The summed E-state index contributed by atoms with van der Waals surface area (Å²) in [6, 6.07) is 4.17. The van der Waals surface area contributed by atoms with Gasteiger partial charge in [-0.2, -0.15) is 0 Å². The molecule has 0 atom stereocenters. The summed E-state index contributed by atoms with van der Waals surface area (Å²) in [5, 5.41) is 10.4. The van der Waals surface area contributed by atoms with Crippen LogP contribution in [0.5, 0.6) is 5.75 Å². The fourth-order valence-corrected chi connectivity index (χ4v) is 2.46. The molecule has 1 aromatic rings. The monoisotopic (exact) mass is 298 g/mol. The number of phenols is 1. The van der Waals surface area contributed by atoms with E-state index >= 15 is 0 Å². The van der Waals surface area contributed by atoms with Crippen molar-refractivity contribution in [3.8, 4) is 5.75 Å². The first kappa shape index (κ1) is 18.3. The molecule has 120 valence electrons. The summed E-state index contributed by atoms with van der Waals surface area (Å²) in [5.41, 5.74) is 4.41. The number of rotatable bonds is 3. The predicted molar refractivity (Wildman–Crippen MR) is 98.4 cm³/mol. The minimum absolute atomic E-state index is 0.0665. The molecule has 0 saturated carbocycles. The first-order valence-corrected chi connectivity index (χ1v) is 8.26. The predicted octanol–water partition coefficient (Wildman–Crippen LogP) is 6.18. The van der Waals surface area contributed by atoms with E-state index in [-0.39, 0.29) is 5.41 Å². The molecular weight excluding hydrogens is 268 g/mol. The van der Waals surface area contributed by atoms with E-state index in [1.165, 1.54) is 11.1 Å². The highest BCUT2D eigenvalue weighted by Crippen LogP contribution is 2.33. The molecule has 22 heavy (non-hydrogen) atoms. The SMILES string of the molecule is C=Cc1cc(C(C)(C)C)cc(CC2=CCCC=C2)c1O.CC. The van der Waals surface area contributed by atoms with E-state index in [1.54, 1.807) is 6.08 Å². The van der Waals surface area contributed by atoms with Gasteiger partial charge in [0.25, 0.3) is 0 Å². The summed E-state index contributed by atoms with van der Waals surface area (Å²) < 4.78 is 0. The van der Waals surface area contributed by atoms with Crippen LogP contribution in [-0.2, 0) is 11.8 Å². The highest BCUT2D eigenvalue weighted by Gasteiger charge is 2.18. The average Bonchev–Trinajstić information content (AvgIpc) is 2.51. The minimum Gasteiger partial charge on any atom is -0.507 e. The molecule has 0 bridgehead atoms. The Kier molecular flexibility index (Phi) is 6.67. The van der Waals surface area contributed by atoms with Gasteiger partial charge in [-0.1, -0.05) is 71.6 Å². The van der Waals surface area contributed by atoms with Crippen LogP contribution in [0.1, 0.15) is 64.2 Å². The third-order valence-corrected chi connectivity index (χ3v) is 3.77. The number of hydrogen-bond donors (Lipinski definition) is 1. The number of allylic oxidation sites excluding steroid dienone is 4. The van der Waals surface area contributed by atoms with Crippen molar-refractivity contribution in [3.05, 3.63) is 59.2 Å². The first-order chi connectivity index (χ1) is 10.4. The van der Waals surface area contributed by atoms with Crippen LogP contribution in [0.3, 0.4) is 0 Å². The van der Waals surface area contributed by atoms with Gasteiger partial charge in [0.15, 0.2) is 0 Å². The van der Waals surface area contributed by atoms with Crippen molar-refractivity contribution in [1.82, 2.24) is 0 Å². The molecule has 0 radical (unpaired) electrons. The van der Waals surface area contributed by atoms with Gasteiger partial charge < -0.3 is 5.11 Å². The molecule has 0 unspecified atom stereocenters. The second kappa shape index (κ2) is 8.03. The molecule has 0 saturated heterocycles. The van der Waals surface area contributed by atoms with Crippen LogP contribution in [0.2, 0.25) is 0 Å². The standard InChI is InChI=1S/C19H24O.C2H6/c1-5-15-12-17(19(2,3)4)13-16(18(15)20)11-14-9-7-6-8-10-14;1-2/h5,7,9-10,12-13,20H,1,6,8,11H2,2-4H3;1-2H3. The van der Waals surface area contributed by atoms with Gasteiger partial charge in [0.2, 0.25) is 0 Å². The number of aromatic hydroxyl groups is 1. The van der Waals surface area contributed by atoms with Crippen molar-refractivity contribution >= 4 is 6.08 Å². The maximum absolute atomic E-state index is 10.4. The second-order valence-electron chi connectivity index (χ2n) is 6.46. The first-order valence-electron chi connectivity index (χ1n) is 8.26. The van der Waals surface area contributed by atoms with Gasteiger partial charge in [0, 0.05) is 12.0 Å². The highest BCUT2D eigenvalue weighted by atomic mass is 16.3. The van der Waals surface area contributed by atoms with Gasteiger partial charge in [-0.3, -0.25) is 0 Å². The topological polar surface area (TPSA) is 20.2 Å². The van der Waals surface area contributed by atoms with Crippen molar-refractivity contribution in [1.29, 1.82) is 0 Å². The maximum Gasteiger partial charge on any atom is 0.126 e. The summed E-state index contributed by atoms with van der Waals surface area (Å²) >= 11 is 0. The lowest BCUT2D eigenvalue weighted by Crippen LogP contribution is -2.12. The summed E-state index contributed by atoms with van der Waals surface area (Å²) in [5.74, 6) is 0.368. The lowest BCUT2D eigenvalue weighted by atomic mass is 9.83. The van der Waals surface area contributed by atoms with Crippen molar-refractivity contribution in [2.75, 3.05) is 0 Å². The Bertz CT molecular complexity index is 568. The highest BCUT2D eigenvalue weighted by molar-refractivity contribution is 5.61. The van der Waals surface area contributed by atoms with E-state index in [9.17, 15) is 5.11 Å². The van der Waals surface area contributed by atoms with E-state index in [0.29, 0.717) is 5.75 Å². The molecule has 2 rings (SSSR count). The van der Waals surface area contributed by atoms with Crippen molar-refractivity contribution < 1.29 is 5.11 Å². The average molecular weight is 298 g/mol. The summed E-state index contributed by atoms with van der Waals surface area (Å²) in [6.07, 6.45) is 11.4. The maximum atomic E-state index is 10.4. The van der Waals surface area contributed by atoms with Crippen molar-refractivity contribution in [3.63, 3.8) is 0 Å². The molecule has 1 heteroatoms. The van der Waals surface area contributed by atoms with E-state index < -0.39 is 0 Å². The van der Waals surface area contributed by atoms with Crippen LogP contribution >= 0.6 is 0 Å². The molecule has 0 heterocycles. The van der Waals surface area contributed by atoms with Crippen LogP contribution < -0.4 is 0 Å². The smallest absolute Gasteiger partial charge is 0.126 e. The lowest BCUT2D eigenvalue weighted by Gasteiger charge is -2.22. The van der Waals surface area contributed by atoms with Crippen LogP contribution in [0.4, 0.5) is 0 Å². The van der Waals surface area contributed by atoms with Gasteiger partial charge in [-0.15, -0.1) is 0 Å². The minimum atomic E-state index is 0.0665. The molecular formula is C21H30O. The Morgan fingerprint density at radius 3 is 2.36 bits per heavy atom. The molecule has 0 fully saturated rings. The third-order valence-electron chi connectivity index (χ3n) is 3.77. The molecule has 1 aromatic carbocycles. The van der Waals surface area contributed by atoms with Crippen molar-refractivity contribution in [2.45, 2.75) is 59.3 Å². The number of benzene rings is 1. The quantitative estimate of drug-likeness (QED) is 0.706. The van der Waals surface area contributed by atoms with Crippen LogP contribution in [-0.4, -0.2) is 5.11 Å². The van der Waals surface area contributed by atoms with Crippen LogP contribution in [0, 0.1) is 0 Å². The van der Waals surface area contributed by atoms with Crippen LogP contribution in [0.15, 0.2) is 42.5 Å². The van der Waals surface area contributed by atoms with E-state index in [4.69, 9.17) is 0 Å². The number of phenolic OH excluding ortho intramolecular Hbond substituents is 1. The molecule has 1 aliphatic rings. The normalized spacial score (nSPS) is 14.0. The zero-order valence-electron chi connectivity index (χ0n) is 14.7. The molecule has 0 aromatic heterocycles. The Balaban J connectivity index is 0.00000116. The van der Waals surface area contributed by atoms with E-state index in [2.05, 4.69) is 51.6 Å². The van der Waals surface area contributed by atoms with Crippen LogP contribution in [0.25, 0.3) is 6.08 Å². The zero-order chi connectivity index (χ0) is 16.8. The van der Waals surface area contributed by atoms with E-state index in [0.717, 1.165) is 30.4 Å². The molecule has 1 N–H and O–H groups in total. The molecule has 1 aliphatic carbocycles. The Morgan fingerprint density at radius 1 is 1.18 bits per heavy atom. The second-order valence-corrected chi connectivity index (χ2v) is 6.46. The lowest BCUT2D eigenvalue weighted by molar-refractivity contribution is 0.466. The Hall–Kier alpha value is -1.76. The summed E-state index contributed by atoms with van der Waals surface area (Å²) in [7, 11) is 0. The van der Waals surface area contributed by atoms with Crippen molar-refractivity contribution in [2.24, 2.45) is 0 Å². The fraction of sp³-hybridized carbons (Fsp3) is 0.429. The van der Waals surface area contributed by atoms with Gasteiger partial charge >= 0.3 is 0 Å². The largest absolute Gasteiger partial charge is 0.507 e. The molecule has 1 nitrogen and oxygen atoms in total. The summed E-state index contributed by atoms with van der Waals surface area (Å²) in [4.78, 5) is 0. The molecule has 0 amide bonds. The Morgan fingerprint density at radius 2 is 1.86 bits per heavy atom. The third kappa shape index (κ3) is 4.62. The van der Waals surface area contributed by atoms with Gasteiger partial charge in [0.1, 0.15) is 5.75 Å². The molecule has 0 aliphatic heterocycles. The van der Waals surface area contributed by atoms with Gasteiger partial charge in [-0.25, -0.2) is 0 Å². The van der Waals surface area contributed by atoms with Gasteiger partial charge in [-0.05, 0) is 41.0 Å². The summed E-state index contributed by atoms with van der Waals surface area (Å²) in [6.45, 7) is 14.4.